The lowest BCUT2D eigenvalue weighted by Crippen LogP contribution is -2.50. The number of nitrogens with zero attached hydrogens (tertiary/aromatic N) is 1. The van der Waals surface area contributed by atoms with Crippen LogP contribution in [0.15, 0.2) is 0 Å². The van der Waals surface area contributed by atoms with Crippen LogP contribution in [0.3, 0.4) is 0 Å². The lowest BCUT2D eigenvalue weighted by atomic mass is 9.88. The maximum Gasteiger partial charge on any atom is 0.223 e. The second-order valence-electron chi connectivity index (χ2n) is 6.26. The van der Waals surface area contributed by atoms with Crippen LogP contribution >= 0.6 is 0 Å². The van der Waals surface area contributed by atoms with Gasteiger partial charge in [0.1, 0.15) is 0 Å². The zero-order valence-corrected chi connectivity index (χ0v) is 11.1. The SMILES string of the molecule is CN(C(=O)CC(C)(C)C)C1CCCCC1N. The van der Waals surface area contributed by atoms with Gasteiger partial charge in [-0.1, -0.05) is 33.6 Å². The van der Waals surface area contributed by atoms with Crippen molar-refractivity contribution in [1.82, 2.24) is 4.90 Å². The van der Waals surface area contributed by atoms with Gasteiger partial charge < -0.3 is 10.6 Å². The zero-order valence-electron chi connectivity index (χ0n) is 11.1. The highest BCUT2D eigenvalue weighted by molar-refractivity contribution is 5.77. The minimum absolute atomic E-state index is 0.0596. The Morgan fingerprint density at radius 1 is 1.31 bits per heavy atom. The third kappa shape index (κ3) is 3.78. The van der Waals surface area contributed by atoms with Crippen LogP contribution in [-0.4, -0.2) is 29.9 Å². The highest BCUT2D eigenvalue weighted by atomic mass is 16.2. The number of nitrogens with two attached hydrogens (primary N) is 1. The fraction of sp³-hybridized carbons (Fsp3) is 0.923. The molecule has 16 heavy (non-hydrogen) atoms. The molecule has 0 aliphatic heterocycles. The van der Waals surface area contributed by atoms with E-state index in [1.54, 1.807) is 0 Å². The van der Waals surface area contributed by atoms with E-state index in [-0.39, 0.29) is 23.4 Å². The van der Waals surface area contributed by atoms with Crippen LogP contribution in [0.5, 0.6) is 0 Å². The lowest BCUT2D eigenvalue weighted by molar-refractivity contribution is -0.134. The zero-order chi connectivity index (χ0) is 12.3. The Labute approximate surface area is 99.4 Å². The van der Waals surface area contributed by atoms with Gasteiger partial charge in [-0.05, 0) is 18.3 Å². The molecule has 1 fully saturated rings. The Morgan fingerprint density at radius 2 is 1.88 bits per heavy atom. The Morgan fingerprint density at radius 3 is 2.38 bits per heavy atom. The maximum absolute atomic E-state index is 12.1. The minimum atomic E-state index is 0.0596. The number of rotatable bonds is 2. The molecule has 1 saturated carbocycles. The Bertz CT molecular complexity index is 245. The fourth-order valence-corrected chi connectivity index (χ4v) is 2.38. The molecule has 1 aliphatic rings. The molecule has 0 spiro atoms. The number of carbonyl (C=O) groups is 1. The van der Waals surface area contributed by atoms with E-state index in [2.05, 4.69) is 20.8 Å². The first kappa shape index (κ1) is 13.5. The van der Waals surface area contributed by atoms with Crippen molar-refractivity contribution in [2.24, 2.45) is 11.1 Å². The van der Waals surface area contributed by atoms with Crippen molar-refractivity contribution in [3.8, 4) is 0 Å². The number of hydrogen-bond donors (Lipinski definition) is 1. The first-order valence-electron chi connectivity index (χ1n) is 6.32. The van der Waals surface area contributed by atoms with Crippen molar-refractivity contribution in [1.29, 1.82) is 0 Å². The molecule has 3 heteroatoms. The summed E-state index contributed by atoms with van der Waals surface area (Å²) < 4.78 is 0. The van der Waals surface area contributed by atoms with E-state index in [9.17, 15) is 4.79 Å². The van der Waals surface area contributed by atoms with Gasteiger partial charge in [0, 0.05) is 25.6 Å². The second-order valence-corrected chi connectivity index (χ2v) is 6.26. The highest BCUT2D eigenvalue weighted by Gasteiger charge is 2.29. The summed E-state index contributed by atoms with van der Waals surface area (Å²) in [6, 6.07) is 0.422. The standard InChI is InChI=1S/C13H26N2O/c1-13(2,3)9-12(16)15(4)11-8-6-5-7-10(11)14/h10-11H,5-9,14H2,1-4H3. The summed E-state index contributed by atoms with van der Waals surface area (Å²) in [4.78, 5) is 14.0. The van der Waals surface area contributed by atoms with Crippen LogP contribution < -0.4 is 5.73 Å². The number of carbonyl (C=O) groups excluding carboxylic acids is 1. The first-order valence-corrected chi connectivity index (χ1v) is 6.32. The van der Waals surface area contributed by atoms with Gasteiger partial charge in [0.15, 0.2) is 0 Å². The molecule has 0 bridgehead atoms. The van der Waals surface area contributed by atoms with Crippen molar-refractivity contribution >= 4 is 5.91 Å². The summed E-state index contributed by atoms with van der Waals surface area (Å²) in [5, 5.41) is 0. The fourth-order valence-electron chi connectivity index (χ4n) is 2.38. The van der Waals surface area contributed by atoms with Gasteiger partial charge in [0.25, 0.3) is 0 Å². The molecular formula is C13H26N2O. The summed E-state index contributed by atoms with van der Waals surface area (Å²) in [6.07, 6.45) is 5.13. The molecule has 0 radical (unpaired) electrons. The summed E-state index contributed by atoms with van der Waals surface area (Å²) >= 11 is 0. The molecule has 0 aromatic heterocycles. The van der Waals surface area contributed by atoms with Crippen molar-refractivity contribution in [3.63, 3.8) is 0 Å². The molecular weight excluding hydrogens is 200 g/mol. The van der Waals surface area contributed by atoms with Crippen molar-refractivity contribution in [2.45, 2.75) is 65.0 Å². The number of hydrogen-bond acceptors (Lipinski definition) is 2. The van der Waals surface area contributed by atoms with Crippen LogP contribution in [0.2, 0.25) is 0 Å². The minimum Gasteiger partial charge on any atom is -0.341 e. The lowest BCUT2D eigenvalue weighted by Gasteiger charge is -2.37. The quantitative estimate of drug-likeness (QED) is 0.784. The van der Waals surface area contributed by atoms with E-state index in [4.69, 9.17) is 5.73 Å². The van der Waals surface area contributed by atoms with E-state index in [1.165, 1.54) is 12.8 Å². The number of likely N-dealkylation sites (N-methyl/N-ethyl adjacent to an activating group) is 1. The van der Waals surface area contributed by atoms with E-state index in [1.807, 2.05) is 11.9 Å². The maximum atomic E-state index is 12.1. The summed E-state index contributed by atoms with van der Waals surface area (Å²) in [5.74, 6) is 0.231. The molecule has 94 valence electrons. The second kappa shape index (κ2) is 5.17. The molecule has 0 aromatic carbocycles. The van der Waals surface area contributed by atoms with E-state index >= 15 is 0 Å². The Kier molecular flexibility index (Phi) is 4.36. The van der Waals surface area contributed by atoms with Gasteiger partial charge in [-0.25, -0.2) is 0 Å². The van der Waals surface area contributed by atoms with E-state index < -0.39 is 0 Å². The molecule has 1 aliphatic carbocycles. The molecule has 2 N–H and O–H groups in total. The summed E-state index contributed by atoms with van der Waals surface area (Å²) in [5.41, 5.74) is 6.15. The highest BCUT2D eigenvalue weighted by Crippen LogP contribution is 2.24. The number of amides is 1. The Balaban J connectivity index is 2.55. The van der Waals surface area contributed by atoms with Crippen LogP contribution in [0.4, 0.5) is 0 Å². The smallest absolute Gasteiger partial charge is 0.223 e. The molecule has 1 amide bonds. The van der Waals surface area contributed by atoms with Crippen LogP contribution in [-0.2, 0) is 4.79 Å². The monoisotopic (exact) mass is 226 g/mol. The van der Waals surface area contributed by atoms with Crippen molar-refractivity contribution < 1.29 is 4.79 Å². The van der Waals surface area contributed by atoms with Crippen molar-refractivity contribution in [2.75, 3.05) is 7.05 Å². The normalized spacial score (nSPS) is 26.6. The molecule has 1 rings (SSSR count). The average molecular weight is 226 g/mol. The van der Waals surface area contributed by atoms with Gasteiger partial charge >= 0.3 is 0 Å². The topological polar surface area (TPSA) is 46.3 Å². The predicted octanol–water partition coefficient (Wildman–Crippen LogP) is 2.15. The molecule has 2 unspecified atom stereocenters. The van der Waals surface area contributed by atoms with Crippen LogP contribution in [0.1, 0.15) is 52.9 Å². The largest absolute Gasteiger partial charge is 0.341 e. The summed E-state index contributed by atoms with van der Waals surface area (Å²) in [6.45, 7) is 6.29. The third-order valence-electron chi connectivity index (χ3n) is 3.35. The molecule has 3 nitrogen and oxygen atoms in total. The van der Waals surface area contributed by atoms with Crippen LogP contribution in [0.25, 0.3) is 0 Å². The third-order valence-corrected chi connectivity index (χ3v) is 3.35. The molecule has 0 saturated heterocycles. The summed E-state index contributed by atoms with van der Waals surface area (Å²) in [7, 11) is 1.91. The van der Waals surface area contributed by atoms with Crippen LogP contribution in [0, 0.1) is 5.41 Å². The first-order chi connectivity index (χ1) is 7.31. The van der Waals surface area contributed by atoms with Gasteiger partial charge in [0.2, 0.25) is 5.91 Å². The van der Waals surface area contributed by atoms with Crippen molar-refractivity contribution in [3.05, 3.63) is 0 Å². The van der Waals surface area contributed by atoms with Gasteiger partial charge in [-0.3, -0.25) is 4.79 Å². The Hall–Kier alpha value is -0.570. The molecule has 2 atom stereocenters. The predicted molar refractivity (Wildman–Crippen MR) is 67.1 cm³/mol. The van der Waals surface area contributed by atoms with Gasteiger partial charge in [-0.2, -0.15) is 0 Å². The van der Waals surface area contributed by atoms with Gasteiger partial charge in [0.05, 0.1) is 0 Å². The van der Waals surface area contributed by atoms with Gasteiger partial charge in [-0.15, -0.1) is 0 Å². The molecule has 0 heterocycles. The van der Waals surface area contributed by atoms with E-state index in [0.29, 0.717) is 6.42 Å². The molecule has 0 aromatic rings. The average Bonchev–Trinajstić information content (AvgIpc) is 2.15. The van der Waals surface area contributed by atoms with E-state index in [0.717, 1.165) is 12.8 Å².